The summed E-state index contributed by atoms with van der Waals surface area (Å²) < 4.78 is 0. The summed E-state index contributed by atoms with van der Waals surface area (Å²) in [7, 11) is 0. The minimum absolute atomic E-state index is 0.0486. The maximum absolute atomic E-state index is 10.7. The Hall–Kier alpha value is -1.32. The highest BCUT2D eigenvalue weighted by atomic mass is 16.2. The predicted molar refractivity (Wildman–Crippen MR) is 39.3 cm³/mol. The zero-order valence-electron chi connectivity index (χ0n) is 6.31. The molecule has 4 heteroatoms. The molecule has 1 rings (SSSR count). The van der Waals surface area contributed by atoms with Crippen molar-refractivity contribution in [1.29, 1.82) is 0 Å². The van der Waals surface area contributed by atoms with Gasteiger partial charge in [0.2, 0.25) is 11.8 Å². The van der Waals surface area contributed by atoms with Gasteiger partial charge in [0, 0.05) is 17.7 Å². The van der Waals surface area contributed by atoms with E-state index in [-0.39, 0.29) is 5.91 Å². The Morgan fingerprint density at radius 3 is 2.64 bits per heavy atom. The van der Waals surface area contributed by atoms with Gasteiger partial charge in [-0.1, -0.05) is 0 Å². The second-order valence-corrected chi connectivity index (χ2v) is 2.52. The lowest BCUT2D eigenvalue weighted by molar-refractivity contribution is -0.121. The van der Waals surface area contributed by atoms with Crippen molar-refractivity contribution in [3.63, 3.8) is 0 Å². The van der Waals surface area contributed by atoms with Crippen LogP contribution in [-0.2, 0) is 9.59 Å². The lowest BCUT2D eigenvalue weighted by Crippen LogP contribution is -2.31. The topological polar surface area (TPSA) is 72.2 Å². The van der Waals surface area contributed by atoms with Crippen molar-refractivity contribution in [2.24, 2.45) is 5.73 Å². The molecule has 3 N–H and O–H groups in total. The normalized spacial score (nSPS) is 18.1. The average molecular weight is 154 g/mol. The number of carbonyl (C=O) groups is 2. The van der Waals surface area contributed by atoms with Gasteiger partial charge in [-0.25, -0.2) is 0 Å². The molecular formula is C7H10N2O2. The van der Waals surface area contributed by atoms with Crippen molar-refractivity contribution in [3.05, 3.63) is 11.3 Å². The highest BCUT2D eigenvalue weighted by molar-refractivity contribution is 5.95. The summed E-state index contributed by atoms with van der Waals surface area (Å²) in [6, 6.07) is 0. The van der Waals surface area contributed by atoms with Gasteiger partial charge in [0.15, 0.2) is 0 Å². The zero-order chi connectivity index (χ0) is 8.43. The molecule has 0 fully saturated rings. The number of rotatable bonds is 1. The van der Waals surface area contributed by atoms with Crippen LogP contribution in [0.1, 0.15) is 19.8 Å². The maximum Gasteiger partial charge on any atom is 0.246 e. The molecule has 0 unspecified atom stereocenters. The Kier molecular flexibility index (Phi) is 1.94. The third-order valence-electron chi connectivity index (χ3n) is 1.68. The molecule has 60 valence electrons. The lowest BCUT2D eigenvalue weighted by Gasteiger charge is -2.15. The summed E-state index contributed by atoms with van der Waals surface area (Å²) in [5, 5.41) is 2.55. The lowest BCUT2D eigenvalue weighted by atomic mass is 10.0. The maximum atomic E-state index is 10.7. The van der Waals surface area contributed by atoms with Crippen molar-refractivity contribution in [2.45, 2.75) is 19.8 Å². The van der Waals surface area contributed by atoms with Gasteiger partial charge in [0.25, 0.3) is 0 Å². The van der Waals surface area contributed by atoms with Gasteiger partial charge in [-0.2, -0.15) is 0 Å². The Morgan fingerprint density at radius 1 is 1.55 bits per heavy atom. The van der Waals surface area contributed by atoms with Crippen LogP contribution in [0.5, 0.6) is 0 Å². The second-order valence-electron chi connectivity index (χ2n) is 2.52. The van der Waals surface area contributed by atoms with Crippen LogP contribution in [0.2, 0.25) is 0 Å². The molecule has 1 aliphatic rings. The van der Waals surface area contributed by atoms with E-state index >= 15 is 0 Å². The predicted octanol–water partition coefficient (Wildman–Crippen LogP) is -0.344. The number of nitrogens with one attached hydrogen (secondary N) is 1. The van der Waals surface area contributed by atoms with Crippen molar-refractivity contribution in [1.82, 2.24) is 5.32 Å². The van der Waals surface area contributed by atoms with Gasteiger partial charge < -0.3 is 11.1 Å². The summed E-state index contributed by atoms with van der Waals surface area (Å²) in [6.45, 7) is 1.68. The molecule has 11 heavy (non-hydrogen) atoms. The van der Waals surface area contributed by atoms with E-state index in [9.17, 15) is 9.59 Å². The first-order chi connectivity index (χ1) is 5.11. The van der Waals surface area contributed by atoms with E-state index in [2.05, 4.69) is 5.32 Å². The van der Waals surface area contributed by atoms with Crippen molar-refractivity contribution >= 4 is 11.8 Å². The molecule has 0 aromatic rings. The number of nitrogens with two attached hydrogens (primary N) is 1. The van der Waals surface area contributed by atoms with Crippen molar-refractivity contribution in [3.8, 4) is 0 Å². The van der Waals surface area contributed by atoms with Gasteiger partial charge in [-0.05, 0) is 13.3 Å². The fraction of sp³-hybridized carbons (Fsp3) is 0.429. The molecule has 0 radical (unpaired) electrons. The first-order valence-corrected chi connectivity index (χ1v) is 3.40. The summed E-state index contributed by atoms with van der Waals surface area (Å²) in [6.07, 6.45) is 0.822. The van der Waals surface area contributed by atoms with E-state index in [1.807, 2.05) is 0 Å². The highest BCUT2D eigenvalue weighted by Gasteiger charge is 2.17. The molecular weight excluding hydrogens is 144 g/mol. The van der Waals surface area contributed by atoms with E-state index in [1.165, 1.54) is 0 Å². The Balaban J connectivity index is 2.86. The van der Waals surface area contributed by atoms with Crippen LogP contribution in [0, 0.1) is 0 Å². The Labute approximate surface area is 64.4 Å². The highest BCUT2D eigenvalue weighted by Crippen LogP contribution is 2.13. The molecule has 0 aromatic carbocycles. The standard InChI is InChI=1S/C7H10N2O2/c1-4-5(7(8)11)2-3-6(10)9-4/h2-3H2,1H3,(H2,8,11)(H,9,10). The molecule has 0 atom stereocenters. The zero-order valence-corrected chi connectivity index (χ0v) is 6.31. The average Bonchev–Trinajstić information content (AvgIpc) is 1.85. The van der Waals surface area contributed by atoms with Crippen LogP contribution in [0.25, 0.3) is 0 Å². The molecule has 0 bridgehead atoms. The molecule has 0 aliphatic carbocycles. The van der Waals surface area contributed by atoms with Gasteiger partial charge in [0.05, 0.1) is 0 Å². The quantitative estimate of drug-likeness (QED) is 0.542. The van der Waals surface area contributed by atoms with Crippen LogP contribution < -0.4 is 11.1 Å². The van der Waals surface area contributed by atoms with Crippen LogP contribution in [0.4, 0.5) is 0 Å². The van der Waals surface area contributed by atoms with E-state index in [1.54, 1.807) is 6.92 Å². The molecule has 1 aliphatic heterocycles. The first-order valence-electron chi connectivity index (χ1n) is 3.40. The number of amides is 2. The van der Waals surface area contributed by atoms with Gasteiger partial charge in [-0.15, -0.1) is 0 Å². The number of carbonyl (C=O) groups excluding carboxylic acids is 2. The summed E-state index contributed by atoms with van der Waals surface area (Å²) in [4.78, 5) is 21.4. The third kappa shape index (κ3) is 1.58. The minimum atomic E-state index is -0.442. The monoisotopic (exact) mass is 154 g/mol. The smallest absolute Gasteiger partial charge is 0.246 e. The summed E-state index contributed by atoms with van der Waals surface area (Å²) in [5.41, 5.74) is 6.18. The van der Waals surface area contributed by atoms with Crippen molar-refractivity contribution in [2.75, 3.05) is 0 Å². The van der Waals surface area contributed by atoms with Crippen LogP contribution in [0.3, 0.4) is 0 Å². The number of primary amides is 1. The molecule has 0 spiro atoms. The summed E-state index contributed by atoms with van der Waals surface area (Å²) in [5.74, 6) is -0.491. The minimum Gasteiger partial charge on any atom is -0.366 e. The molecule has 1 heterocycles. The van der Waals surface area contributed by atoms with Crippen LogP contribution >= 0.6 is 0 Å². The number of hydrogen-bond donors (Lipinski definition) is 2. The van der Waals surface area contributed by atoms with E-state index < -0.39 is 5.91 Å². The molecule has 0 saturated heterocycles. The molecule has 0 saturated carbocycles. The SMILES string of the molecule is CC1=C(C(N)=O)CCC(=O)N1. The van der Waals surface area contributed by atoms with Gasteiger partial charge in [0.1, 0.15) is 0 Å². The third-order valence-corrected chi connectivity index (χ3v) is 1.68. The van der Waals surface area contributed by atoms with Gasteiger partial charge >= 0.3 is 0 Å². The Bertz CT molecular complexity index is 243. The fourth-order valence-electron chi connectivity index (χ4n) is 1.08. The van der Waals surface area contributed by atoms with Crippen molar-refractivity contribution < 1.29 is 9.59 Å². The number of hydrogen-bond acceptors (Lipinski definition) is 2. The second kappa shape index (κ2) is 2.74. The van der Waals surface area contributed by atoms with E-state index in [0.717, 1.165) is 0 Å². The first kappa shape index (κ1) is 7.78. The van der Waals surface area contributed by atoms with E-state index in [0.29, 0.717) is 24.1 Å². The van der Waals surface area contributed by atoms with Crippen LogP contribution in [0.15, 0.2) is 11.3 Å². The molecule has 2 amide bonds. The molecule has 0 aromatic heterocycles. The van der Waals surface area contributed by atoms with E-state index in [4.69, 9.17) is 5.73 Å². The summed E-state index contributed by atoms with van der Waals surface area (Å²) >= 11 is 0. The van der Waals surface area contributed by atoms with Crippen LogP contribution in [-0.4, -0.2) is 11.8 Å². The largest absolute Gasteiger partial charge is 0.366 e. The fourth-order valence-corrected chi connectivity index (χ4v) is 1.08. The number of allylic oxidation sites excluding steroid dienone is 1. The Morgan fingerprint density at radius 2 is 2.18 bits per heavy atom. The van der Waals surface area contributed by atoms with Gasteiger partial charge in [-0.3, -0.25) is 9.59 Å². The molecule has 4 nitrogen and oxygen atoms in total.